The van der Waals surface area contributed by atoms with Crippen molar-refractivity contribution in [3.8, 4) is 0 Å². The van der Waals surface area contributed by atoms with Gasteiger partial charge in [-0.15, -0.1) is 0 Å². The summed E-state index contributed by atoms with van der Waals surface area (Å²) in [6.07, 6.45) is 0.748. The second kappa shape index (κ2) is 7.99. The lowest BCUT2D eigenvalue weighted by Crippen LogP contribution is -2.37. The number of halogens is 2. The molecule has 0 aliphatic heterocycles. The van der Waals surface area contributed by atoms with E-state index in [1.54, 1.807) is 12.1 Å². The molecule has 10 heteroatoms. The van der Waals surface area contributed by atoms with Crippen LogP contribution in [-0.2, 0) is 22.6 Å². The molecule has 0 fully saturated rings. The van der Waals surface area contributed by atoms with E-state index in [1.165, 1.54) is 6.26 Å². The van der Waals surface area contributed by atoms with E-state index < -0.39 is 52.6 Å². The summed E-state index contributed by atoms with van der Waals surface area (Å²) in [6, 6.07) is 4.36. The molecular weight excluding hydrogens is 340 g/mol. The summed E-state index contributed by atoms with van der Waals surface area (Å²) in [5, 5.41) is 15.2. The average molecular weight is 353 g/mol. The van der Waals surface area contributed by atoms with Crippen LogP contribution in [0.1, 0.15) is 11.3 Å². The highest BCUT2D eigenvalue weighted by atomic mass is 19.1. The third kappa shape index (κ3) is 5.09. The zero-order valence-electron chi connectivity index (χ0n) is 12.8. The first-order valence-corrected chi connectivity index (χ1v) is 7.05. The maximum atomic E-state index is 13.7. The van der Waals surface area contributed by atoms with Gasteiger partial charge in [0, 0.05) is 5.56 Å². The second-order valence-corrected chi connectivity index (χ2v) is 4.95. The van der Waals surface area contributed by atoms with Crippen molar-refractivity contribution < 1.29 is 27.7 Å². The second-order valence-electron chi connectivity index (χ2n) is 4.95. The van der Waals surface area contributed by atoms with E-state index in [4.69, 9.17) is 4.42 Å². The number of furan rings is 1. The monoisotopic (exact) mass is 353 g/mol. The zero-order valence-corrected chi connectivity index (χ0v) is 12.8. The van der Waals surface area contributed by atoms with Gasteiger partial charge < -0.3 is 15.1 Å². The van der Waals surface area contributed by atoms with Crippen LogP contribution >= 0.6 is 0 Å². The first-order chi connectivity index (χ1) is 11.9. The van der Waals surface area contributed by atoms with Gasteiger partial charge in [0.2, 0.25) is 11.8 Å². The molecule has 2 amide bonds. The summed E-state index contributed by atoms with van der Waals surface area (Å²) in [4.78, 5) is 32.8. The molecule has 0 aliphatic rings. The van der Waals surface area contributed by atoms with Crippen molar-refractivity contribution in [2.75, 3.05) is 6.54 Å². The van der Waals surface area contributed by atoms with Crippen LogP contribution in [0.3, 0.4) is 0 Å². The van der Waals surface area contributed by atoms with Crippen molar-refractivity contribution in [1.29, 1.82) is 0 Å². The van der Waals surface area contributed by atoms with Gasteiger partial charge in [0.1, 0.15) is 17.4 Å². The van der Waals surface area contributed by atoms with Crippen LogP contribution in [0.5, 0.6) is 0 Å². The quantitative estimate of drug-likeness (QED) is 0.577. The molecule has 0 atom stereocenters. The van der Waals surface area contributed by atoms with E-state index in [0.717, 1.165) is 0 Å². The minimum atomic E-state index is -1.20. The smallest absolute Gasteiger partial charge is 0.275 e. The predicted octanol–water partition coefficient (Wildman–Crippen LogP) is 1.44. The molecule has 0 radical (unpaired) electrons. The third-order valence-electron chi connectivity index (χ3n) is 3.16. The lowest BCUT2D eigenvalue weighted by molar-refractivity contribution is -0.385. The molecule has 2 N–H and O–H groups in total. The van der Waals surface area contributed by atoms with Crippen molar-refractivity contribution in [1.82, 2.24) is 10.6 Å². The summed E-state index contributed by atoms with van der Waals surface area (Å²) in [5.74, 6) is -3.21. The minimum Gasteiger partial charge on any atom is -0.467 e. The molecule has 2 aromatic rings. The first-order valence-electron chi connectivity index (χ1n) is 7.05. The van der Waals surface area contributed by atoms with E-state index in [2.05, 4.69) is 10.6 Å². The molecule has 0 aliphatic carbocycles. The van der Waals surface area contributed by atoms with Crippen molar-refractivity contribution in [2.45, 2.75) is 13.0 Å². The summed E-state index contributed by atoms with van der Waals surface area (Å²) < 4.78 is 32.4. The average Bonchev–Trinajstić information content (AvgIpc) is 3.07. The predicted molar refractivity (Wildman–Crippen MR) is 80.3 cm³/mol. The Kier molecular flexibility index (Phi) is 5.77. The zero-order chi connectivity index (χ0) is 18.4. The molecule has 25 heavy (non-hydrogen) atoms. The lowest BCUT2D eigenvalue weighted by Gasteiger charge is -2.07. The Morgan fingerprint density at radius 1 is 1.16 bits per heavy atom. The van der Waals surface area contributed by atoms with Crippen molar-refractivity contribution >= 4 is 17.5 Å². The number of nitrogens with one attached hydrogen (secondary N) is 2. The lowest BCUT2D eigenvalue weighted by atomic mass is 10.1. The first kappa shape index (κ1) is 18.0. The fourth-order valence-electron chi connectivity index (χ4n) is 1.93. The number of non-ortho nitro benzene ring substituents is 1. The molecule has 132 valence electrons. The van der Waals surface area contributed by atoms with Gasteiger partial charge in [0.05, 0.1) is 42.8 Å². The van der Waals surface area contributed by atoms with E-state index >= 15 is 0 Å². The van der Waals surface area contributed by atoms with Crippen molar-refractivity contribution in [3.05, 3.63) is 63.6 Å². The van der Waals surface area contributed by atoms with Crippen LogP contribution in [0.2, 0.25) is 0 Å². The molecular formula is C15H13F2N3O5. The molecule has 1 aromatic carbocycles. The Labute approximate surface area is 140 Å². The molecule has 0 saturated carbocycles. The van der Waals surface area contributed by atoms with Crippen LogP contribution in [0.25, 0.3) is 0 Å². The maximum Gasteiger partial charge on any atom is 0.275 e. The molecule has 1 aromatic heterocycles. The summed E-state index contributed by atoms with van der Waals surface area (Å²) >= 11 is 0. The molecule has 2 rings (SSSR count). The number of nitro groups is 1. The molecule has 0 bridgehead atoms. The number of hydrogen-bond acceptors (Lipinski definition) is 5. The normalized spacial score (nSPS) is 10.3. The third-order valence-corrected chi connectivity index (χ3v) is 3.16. The van der Waals surface area contributed by atoms with E-state index in [-0.39, 0.29) is 6.54 Å². The Morgan fingerprint density at radius 2 is 1.84 bits per heavy atom. The summed E-state index contributed by atoms with van der Waals surface area (Å²) in [7, 11) is 0. The number of rotatable bonds is 7. The van der Waals surface area contributed by atoms with Crippen LogP contribution in [0, 0.1) is 21.7 Å². The maximum absolute atomic E-state index is 13.7. The number of nitro benzene ring substituents is 1. The van der Waals surface area contributed by atoms with Crippen LogP contribution in [-0.4, -0.2) is 23.3 Å². The topological polar surface area (TPSA) is 114 Å². The van der Waals surface area contributed by atoms with Crippen LogP contribution < -0.4 is 10.6 Å². The summed E-state index contributed by atoms with van der Waals surface area (Å²) in [6.45, 7) is -0.261. The van der Waals surface area contributed by atoms with E-state index in [1.807, 2.05) is 0 Å². The highest BCUT2D eigenvalue weighted by Gasteiger charge is 2.19. The largest absolute Gasteiger partial charge is 0.467 e. The molecule has 8 nitrogen and oxygen atoms in total. The van der Waals surface area contributed by atoms with Crippen molar-refractivity contribution in [2.24, 2.45) is 0 Å². The Balaban J connectivity index is 1.85. The molecule has 0 spiro atoms. The van der Waals surface area contributed by atoms with Crippen molar-refractivity contribution in [3.63, 3.8) is 0 Å². The highest BCUT2D eigenvalue weighted by molar-refractivity contribution is 5.85. The van der Waals surface area contributed by atoms with Gasteiger partial charge in [-0.3, -0.25) is 19.7 Å². The number of amides is 2. The molecule has 0 unspecified atom stereocenters. The van der Waals surface area contributed by atoms with Gasteiger partial charge in [-0.05, 0) is 12.1 Å². The van der Waals surface area contributed by atoms with Gasteiger partial charge in [-0.1, -0.05) is 0 Å². The van der Waals surface area contributed by atoms with Crippen LogP contribution in [0.4, 0.5) is 14.5 Å². The standard InChI is InChI=1S/C15H13F2N3O5/c16-12-4-9(20(23)24)5-13(17)11(12)6-14(21)19-8-15(22)18-7-10-2-1-3-25-10/h1-5H,6-8H2,(H,18,22)(H,19,21). The fraction of sp³-hybridized carbons (Fsp3) is 0.200. The highest BCUT2D eigenvalue weighted by Crippen LogP contribution is 2.20. The van der Waals surface area contributed by atoms with Gasteiger partial charge in [0.15, 0.2) is 0 Å². The molecule has 1 heterocycles. The van der Waals surface area contributed by atoms with Gasteiger partial charge >= 0.3 is 0 Å². The minimum absolute atomic E-state index is 0.132. The van der Waals surface area contributed by atoms with Gasteiger partial charge in [-0.2, -0.15) is 0 Å². The summed E-state index contributed by atoms with van der Waals surface area (Å²) in [5.41, 5.74) is -1.37. The fourth-order valence-corrected chi connectivity index (χ4v) is 1.93. The number of benzene rings is 1. The Hall–Kier alpha value is -3.30. The van der Waals surface area contributed by atoms with E-state index in [9.17, 15) is 28.5 Å². The number of nitrogens with zero attached hydrogens (tertiary/aromatic N) is 1. The van der Waals surface area contributed by atoms with Gasteiger partial charge in [0.25, 0.3) is 5.69 Å². The van der Waals surface area contributed by atoms with Crippen LogP contribution in [0.15, 0.2) is 34.9 Å². The number of hydrogen-bond donors (Lipinski definition) is 2. The van der Waals surface area contributed by atoms with E-state index in [0.29, 0.717) is 17.9 Å². The number of carbonyl (C=O) groups excluding carboxylic acids is 2. The van der Waals surface area contributed by atoms with Gasteiger partial charge in [-0.25, -0.2) is 8.78 Å². The Morgan fingerprint density at radius 3 is 2.40 bits per heavy atom. The SMILES string of the molecule is O=C(CNC(=O)Cc1c(F)cc([N+](=O)[O-])cc1F)NCc1ccco1. The Bertz CT molecular complexity index is 769. The molecule has 0 saturated heterocycles. The number of carbonyl (C=O) groups is 2.